The first kappa shape index (κ1) is 16.2. The summed E-state index contributed by atoms with van der Waals surface area (Å²) in [4.78, 5) is 25.7. The number of fused-ring (bicyclic) bond motifs is 1. The van der Waals surface area contributed by atoms with Crippen LogP contribution in [0.5, 0.6) is 0 Å². The third kappa shape index (κ3) is 3.62. The second-order valence-corrected chi connectivity index (χ2v) is 6.09. The number of benzene rings is 1. The lowest BCUT2D eigenvalue weighted by molar-refractivity contribution is -0.121. The predicted octanol–water partition coefficient (Wildman–Crippen LogP) is 2.05. The van der Waals surface area contributed by atoms with Gasteiger partial charge < -0.3 is 10.2 Å². The molecule has 0 saturated carbocycles. The van der Waals surface area contributed by atoms with E-state index in [0.29, 0.717) is 45.2 Å². The average molecular weight is 324 g/mol. The number of hydrogen-bond donors (Lipinski definition) is 1. The van der Waals surface area contributed by atoms with Crippen molar-refractivity contribution >= 4 is 17.5 Å². The molecule has 0 spiro atoms. The van der Waals surface area contributed by atoms with Crippen molar-refractivity contribution in [1.29, 1.82) is 0 Å². The Kier molecular flexibility index (Phi) is 4.61. The molecule has 2 amide bonds. The topological polar surface area (TPSA) is 74.1 Å². The molecule has 124 valence electrons. The fraction of sp³-hybridized carbons (Fsp3) is 0.444. The molecule has 0 atom stereocenters. The first-order chi connectivity index (χ1) is 11.6. The van der Waals surface area contributed by atoms with Gasteiger partial charge in [0.05, 0.1) is 6.42 Å². The van der Waals surface area contributed by atoms with Crippen molar-refractivity contribution in [2.24, 2.45) is 10.2 Å². The number of nitrogens with zero attached hydrogens (tertiary/aromatic N) is 3. The van der Waals surface area contributed by atoms with Crippen molar-refractivity contribution in [1.82, 2.24) is 5.32 Å². The Labute approximate surface area is 141 Å². The Bertz CT molecular complexity index is 714. The maximum Gasteiger partial charge on any atom is 0.231 e. The number of hydrogen-bond acceptors (Lipinski definition) is 4. The van der Waals surface area contributed by atoms with Gasteiger partial charge in [-0.25, -0.2) is 0 Å². The summed E-state index contributed by atoms with van der Waals surface area (Å²) in [7, 11) is 0. The van der Waals surface area contributed by atoms with Gasteiger partial charge >= 0.3 is 0 Å². The van der Waals surface area contributed by atoms with Gasteiger partial charge in [-0.2, -0.15) is 10.2 Å². The van der Waals surface area contributed by atoms with Crippen LogP contribution in [-0.2, 0) is 16.0 Å². The second-order valence-electron chi connectivity index (χ2n) is 6.09. The molecule has 0 unspecified atom stereocenters. The van der Waals surface area contributed by atoms with E-state index in [2.05, 4.69) is 21.5 Å². The lowest BCUT2D eigenvalue weighted by Gasteiger charge is -2.17. The highest BCUT2D eigenvalue weighted by Crippen LogP contribution is 2.37. The van der Waals surface area contributed by atoms with Crippen molar-refractivity contribution in [3.8, 4) is 12.3 Å². The largest absolute Gasteiger partial charge is 0.354 e. The zero-order chi connectivity index (χ0) is 17.0. The van der Waals surface area contributed by atoms with Crippen LogP contribution < -0.4 is 10.2 Å². The lowest BCUT2D eigenvalue weighted by Crippen LogP contribution is -2.36. The van der Waals surface area contributed by atoms with Crippen LogP contribution in [0.4, 0.5) is 5.69 Å². The van der Waals surface area contributed by atoms with Gasteiger partial charge in [0, 0.05) is 44.5 Å². The van der Waals surface area contributed by atoms with Crippen LogP contribution >= 0.6 is 0 Å². The number of nitrogens with one attached hydrogen (secondary N) is 1. The molecule has 0 saturated heterocycles. The zero-order valence-corrected chi connectivity index (χ0v) is 13.5. The number of carbonyl (C=O) groups excluding carboxylic acids is 2. The van der Waals surface area contributed by atoms with E-state index >= 15 is 0 Å². The standard InChI is InChI=1S/C18H20N4O2/c1-2-3-9-18(20-21-18)10-8-16(23)19-11-12-22-15-7-5-4-6-14(15)13-17(22)24/h1,4-7H,3,8-13H2,(H,19,23). The third-order valence-corrected chi connectivity index (χ3v) is 4.39. The number of para-hydroxylation sites is 1. The average Bonchev–Trinajstić information content (AvgIpc) is 3.29. The van der Waals surface area contributed by atoms with E-state index < -0.39 is 5.66 Å². The van der Waals surface area contributed by atoms with Crippen LogP contribution in [0.3, 0.4) is 0 Å². The van der Waals surface area contributed by atoms with Gasteiger partial charge in [-0.1, -0.05) is 18.2 Å². The summed E-state index contributed by atoms with van der Waals surface area (Å²) in [5.74, 6) is 2.60. The fourth-order valence-electron chi connectivity index (χ4n) is 2.94. The molecule has 2 aliphatic rings. The molecule has 6 nitrogen and oxygen atoms in total. The smallest absolute Gasteiger partial charge is 0.231 e. The van der Waals surface area contributed by atoms with Gasteiger partial charge in [0.1, 0.15) is 0 Å². The van der Waals surface area contributed by atoms with E-state index in [4.69, 9.17) is 6.42 Å². The van der Waals surface area contributed by atoms with Gasteiger partial charge in [-0.05, 0) is 11.6 Å². The quantitative estimate of drug-likeness (QED) is 0.743. The highest BCUT2D eigenvalue weighted by atomic mass is 16.2. The van der Waals surface area contributed by atoms with Gasteiger partial charge in [-0.3, -0.25) is 9.59 Å². The molecule has 6 heteroatoms. The third-order valence-electron chi connectivity index (χ3n) is 4.39. The highest BCUT2D eigenvalue weighted by Gasteiger charge is 2.39. The molecule has 1 N–H and O–H groups in total. The summed E-state index contributed by atoms with van der Waals surface area (Å²) < 4.78 is 0. The Morgan fingerprint density at radius 3 is 2.88 bits per heavy atom. The first-order valence-corrected chi connectivity index (χ1v) is 8.16. The van der Waals surface area contributed by atoms with Gasteiger partial charge in [0.25, 0.3) is 0 Å². The Hall–Kier alpha value is -2.68. The fourth-order valence-corrected chi connectivity index (χ4v) is 2.94. The van der Waals surface area contributed by atoms with Crippen LogP contribution in [0.25, 0.3) is 0 Å². The Balaban J connectivity index is 1.40. The maximum atomic E-state index is 12.0. The molecule has 1 aromatic carbocycles. The summed E-state index contributed by atoms with van der Waals surface area (Å²) >= 11 is 0. The number of carbonyl (C=O) groups is 2. The molecular weight excluding hydrogens is 304 g/mol. The molecule has 0 radical (unpaired) electrons. The predicted molar refractivity (Wildman–Crippen MR) is 90.4 cm³/mol. The van der Waals surface area contributed by atoms with E-state index in [-0.39, 0.29) is 11.8 Å². The van der Waals surface area contributed by atoms with Crippen LogP contribution in [0, 0.1) is 12.3 Å². The minimum atomic E-state index is -0.423. The molecule has 2 aliphatic heterocycles. The number of amides is 2. The second kappa shape index (κ2) is 6.83. The molecule has 0 aromatic heterocycles. The Morgan fingerprint density at radius 1 is 1.33 bits per heavy atom. The van der Waals surface area contributed by atoms with Gasteiger partial charge in [-0.15, -0.1) is 12.3 Å². The molecule has 0 aliphatic carbocycles. The zero-order valence-electron chi connectivity index (χ0n) is 13.5. The van der Waals surface area contributed by atoms with E-state index in [1.54, 1.807) is 4.90 Å². The van der Waals surface area contributed by atoms with E-state index in [1.807, 2.05) is 24.3 Å². The minimum absolute atomic E-state index is 0.0488. The highest BCUT2D eigenvalue weighted by molar-refractivity contribution is 6.01. The van der Waals surface area contributed by atoms with E-state index in [9.17, 15) is 9.59 Å². The summed E-state index contributed by atoms with van der Waals surface area (Å²) in [5.41, 5.74) is 1.56. The lowest BCUT2D eigenvalue weighted by atomic mass is 10.0. The minimum Gasteiger partial charge on any atom is -0.354 e. The normalized spacial score (nSPS) is 16.6. The first-order valence-electron chi connectivity index (χ1n) is 8.16. The maximum absolute atomic E-state index is 12.0. The van der Waals surface area contributed by atoms with Gasteiger partial charge in [0.15, 0.2) is 5.66 Å². The summed E-state index contributed by atoms with van der Waals surface area (Å²) in [6.07, 6.45) is 7.95. The molecule has 3 rings (SSSR count). The molecule has 1 aromatic rings. The number of rotatable bonds is 8. The van der Waals surface area contributed by atoms with Crippen molar-refractivity contribution in [3.05, 3.63) is 29.8 Å². The SMILES string of the molecule is C#CCCC1(CCC(=O)NCCN2C(=O)Cc3ccccc32)N=N1. The van der Waals surface area contributed by atoms with E-state index in [0.717, 1.165) is 11.3 Å². The molecule has 24 heavy (non-hydrogen) atoms. The van der Waals surface area contributed by atoms with Crippen LogP contribution in [0.1, 0.15) is 31.2 Å². The molecular formula is C18H20N4O2. The van der Waals surface area contributed by atoms with Gasteiger partial charge in [0.2, 0.25) is 11.8 Å². The van der Waals surface area contributed by atoms with Crippen LogP contribution in [-0.4, -0.2) is 30.6 Å². The molecule has 0 fully saturated rings. The number of terminal acetylenes is 1. The summed E-state index contributed by atoms with van der Waals surface area (Å²) in [5, 5.41) is 10.9. The molecule has 0 bridgehead atoms. The Morgan fingerprint density at radius 2 is 2.12 bits per heavy atom. The molecule has 2 heterocycles. The van der Waals surface area contributed by atoms with E-state index in [1.165, 1.54) is 0 Å². The van der Waals surface area contributed by atoms with Crippen molar-refractivity contribution in [3.63, 3.8) is 0 Å². The van der Waals surface area contributed by atoms with Crippen molar-refractivity contribution in [2.75, 3.05) is 18.0 Å². The van der Waals surface area contributed by atoms with Crippen molar-refractivity contribution < 1.29 is 9.59 Å². The summed E-state index contributed by atoms with van der Waals surface area (Å²) in [6.45, 7) is 0.920. The van der Waals surface area contributed by atoms with Crippen LogP contribution in [0.2, 0.25) is 0 Å². The monoisotopic (exact) mass is 324 g/mol. The van der Waals surface area contributed by atoms with Crippen LogP contribution in [0.15, 0.2) is 34.5 Å². The summed E-state index contributed by atoms with van der Waals surface area (Å²) in [6, 6.07) is 7.75. The number of anilines is 1. The van der Waals surface area contributed by atoms with Crippen molar-refractivity contribution in [2.45, 2.75) is 37.8 Å².